The molecule has 0 saturated carbocycles. The summed E-state index contributed by atoms with van der Waals surface area (Å²) in [5.74, 6) is -0.690. The first-order valence-corrected chi connectivity index (χ1v) is 9.75. The Balaban J connectivity index is 1.50. The summed E-state index contributed by atoms with van der Waals surface area (Å²) in [7, 11) is 0. The average Bonchev–Trinajstić information content (AvgIpc) is 2.68. The zero-order valence-corrected chi connectivity index (χ0v) is 16.2. The van der Waals surface area contributed by atoms with E-state index in [0.717, 1.165) is 15.7 Å². The first-order valence-electron chi connectivity index (χ1n) is 8.39. The summed E-state index contributed by atoms with van der Waals surface area (Å²) < 4.78 is 5.22. The van der Waals surface area contributed by atoms with Gasteiger partial charge in [-0.15, -0.1) is 11.8 Å². The van der Waals surface area contributed by atoms with E-state index >= 15 is 0 Å². The Morgan fingerprint density at radius 3 is 2.48 bits per heavy atom. The molecule has 0 unspecified atom stereocenters. The number of anilines is 1. The lowest BCUT2D eigenvalue weighted by Crippen LogP contribution is -2.30. The van der Waals surface area contributed by atoms with Crippen molar-refractivity contribution in [2.24, 2.45) is 0 Å². The highest BCUT2D eigenvalue weighted by Gasteiger charge is 2.18. The van der Waals surface area contributed by atoms with Crippen molar-refractivity contribution in [1.29, 1.82) is 0 Å². The van der Waals surface area contributed by atoms with Crippen molar-refractivity contribution in [3.8, 4) is 0 Å². The smallest absolute Gasteiger partial charge is 0.317 e. The quantitative estimate of drug-likeness (QED) is 0.459. The fourth-order valence-electron chi connectivity index (χ4n) is 2.46. The number of hydrogen-bond acceptors (Lipinski definition) is 4. The third-order valence-corrected chi connectivity index (χ3v) is 5.09. The highest BCUT2D eigenvalue weighted by atomic mass is 35.5. The van der Waals surface area contributed by atoms with Gasteiger partial charge in [0.25, 0.3) is 5.91 Å². The van der Waals surface area contributed by atoms with Gasteiger partial charge in [-0.1, -0.05) is 41.9 Å². The van der Waals surface area contributed by atoms with E-state index in [0.29, 0.717) is 10.7 Å². The fourth-order valence-corrected chi connectivity index (χ4v) is 3.31. The van der Waals surface area contributed by atoms with Gasteiger partial charge in [0.05, 0.1) is 5.75 Å². The van der Waals surface area contributed by atoms with E-state index in [1.165, 1.54) is 11.8 Å². The third-order valence-electron chi connectivity index (χ3n) is 3.87. The van der Waals surface area contributed by atoms with Crippen LogP contribution in [0.15, 0.2) is 71.6 Å². The Hall–Kier alpha value is -2.50. The first kappa shape index (κ1) is 19.3. The van der Waals surface area contributed by atoms with Gasteiger partial charge in [0, 0.05) is 15.6 Å². The predicted molar refractivity (Wildman–Crippen MR) is 110 cm³/mol. The number of ether oxygens (including phenoxy) is 1. The number of amides is 1. The summed E-state index contributed by atoms with van der Waals surface area (Å²) in [4.78, 5) is 25.2. The number of esters is 1. The zero-order valence-electron chi connectivity index (χ0n) is 14.6. The van der Waals surface area contributed by atoms with Gasteiger partial charge in [-0.3, -0.25) is 9.59 Å². The number of halogens is 1. The van der Waals surface area contributed by atoms with Gasteiger partial charge in [0.1, 0.15) is 0 Å². The van der Waals surface area contributed by atoms with Crippen LogP contribution in [0.1, 0.15) is 6.92 Å². The second-order valence-corrected chi connectivity index (χ2v) is 7.41. The molecule has 3 rings (SSSR count). The second-order valence-electron chi connectivity index (χ2n) is 5.93. The van der Waals surface area contributed by atoms with Gasteiger partial charge < -0.3 is 10.1 Å². The van der Waals surface area contributed by atoms with Crippen molar-refractivity contribution in [3.63, 3.8) is 0 Å². The van der Waals surface area contributed by atoms with Crippen molar-refractivity contribution in [1.82, 2.24) is 0 Å². The minimum absolute atomic E-state index is 0.136. The van der Waals surface area contributed by atoms with Crippen LogP contribution in [0.5, 0.6) is 0 Å². The summed E-state index contributed by atoms with van der Waals surface area (Å²) in [6, 6.07) is 20.8. The van der Waals surface area contributed by atoms with E-state index in [1.807, 2.05) is 42.5 Å². The molecule has 1 atom stereocenters. The van der Waals surface area contributed by atoms with E-state index in [1.54, 1.807) is 31.2 Å². The maximum atomic E-state index is 12.1. The lowest BCUT2D eigenvalue weighted by atomic mass is 10.1. The molecule has 0 heterocycles. The molecule has 4 nitrogen and oxygen atoms in total. The van der Waals surface area contributed by atoms with Crippen molar-refractivity contribution < 1.29 is 14.3 Å². The molecule has 3 aromatic rings. The largest absolute Gasteiger partial charge is 0.452 e. The third kappa shape index (κ3) is 5.49. The molecule has 0 aliphatic rings. The Bertz CT molecular complexity index is 959. The van der Waals surface area contributed by atoms with E-state index in [4.69, 9.17) is 16.3 Å². The van der Waals surface area contributed by atoms with Crippen molar-refractivity contribution in [3.05, 3.63) is 71.8 Å². The first-order chi connectivity index (χ1) is 13.0. The molecule has 0 aliphatic carbocycles. The van der Waals surface area contributed by atoms with E-state index in [-0.39, 0.29) is 11.7 Å². The number of thioether (sulfide) groups is 1. The topological polar surface area (TPSA) is 55.4 Å². The highest BCUT2D eigenvalue weighted by Crippen LogP contribution is 2.23. The fraction of sp³-hybridized carbons (Fsp3) is 0.143. The molecular weight excluding hydrogens is 382 g/mol. The molecule has 1 amide bonds. The minimum atomic E-state index is -0.884. The molecule has 3 aromatic carbocycles. The standard InChI is InChI=1S/C21H18ClNO3S/c1-14(21(25)23-18-9-7-17(22)8-10-18)26-20(24)13-27-19-11-6-15-4-2-3-5-16(15)12-19/h2-12,14H,13H2,1H3,(H,23,25)/t14-/m1/s1. The van der Waals surface area contributed by atoms with E-state index in [2.05, 4.69) is 5.32 Å². The van der Waals surface area contributed by atoms with Crippen LogP contribution in [-0.4, -0.2) is 23.7 Å². The average molecular weight is 400 g/mol. The van der Waals surface area contributed by atoms with Crippen LogP contribution in [0.25, 0.3) is 10.8 Å². The Morgan fingerprint density at radius 1 is 1.04 bits per heavy atom. The molecule has 0 bridgehead atoms. The summed E-state index contributed by atoms with van der Waals surface area (Å²) in [6.07, 6.45) is -0.884. The lowest BCUT2D eigenvalue weighted by molar-refractivity contribution is -0.150. The van der Waals surface area contributed by atoms with Crippen molar-refractivity contribution in [2.75, 3.05) is 11.1 Å². The van der Waals surface area contributed by atoms with Crippen LogP contribution >= 0.6 is 23.4 Å². The Kier molecular flexibility index (Phi) is 6.37. The molecule has 0 saturated heterocycles. The molecule has 1 N–H and O–H groups in total. The highest BCUT2D eigenvalue weighted by molar-refractivity contribution is 8.00. The van der Waals surface area contributed by atoms with Gasteiger partial charge in [-0.05, 0) is 54.1 Å². The molecule has 27 heavy (non-hydrogen) atoms. The number of carbonyl (C=O) groups excluding carboxylic acids is 2. The SMILES string of the molecule is C[C@@H](OC(=O)CSc1ccc2ccccc2c1)C(=O)Nc1ccc(Cl)cc1. The molecule has 0 fully saturated rings. The molecular formula is C21H18ClNO3S. The number of carbonyl (C=O) groups is 2. The van der Waals surface area contributed by atoms with Crippen LogP contribution in [-0.2, 0) is 14.3 Å². The maximum Gasteiger partial charge on any atom is 0.317 e. The van der Waals surface area contributed by atoms with Gasteiger partial charge in [0.2, 0.25) is 0 Å². The molecule has 0 spiro atoms. The van der Waals surface area contributed by atoms with Gasteiger partial charge in [-0.2, -0.15) is 0 Å². The van der Waals surface area contributed by atoms with Crippen molar-refractivity contribution in [2.45, 2.75) is 17.9 Å². The number of benzene rings is 3. The van der Waals surface area contributed by atoms with Crippen molar-refractivity contribution >= 4 is 51.7 Å². The predicted octanol–water partition coefficient (Wildman–Crippen LogP) is 5.16. The van der Waals surface area contributed by atoms with Gasteiger partial charge >= 0.3 is 5.97 Å². The van der Waals surface area contributed by atoms with Crippen LogP contribution in [0.4, 0.5) is 5.69 Å². The summed E-state index contributed by atoms with van der Waals surface area (Å²) in [5, 5.41) is 5.54. The van der Waals surface area contributed by atoms with Crippen LogP contribution in [0, 0.1) is 0 Å². The van der Waals surface area contributed by atoms with Crippen LogP contribution in [0.3, 0.4) is 0 Å². The molecule has 0 radical (unpaired) electrons. The molecule has 138 valence electrons. The number of rotatable bonds is 6. The normalized spacial score (nSPS) is 11.8. The summed E-state index contributed by atoms with van der Waals surface area (Å²) in [6.45, 7) is 1.55. The van der Waals surface area contributed by atoms with Gasteiger partial charge in [-0.25, -0.2) is 0 Å². The van der Waals surface area contributed by atoms with E-state index < -0.39 is 12.1 Å². The summed E-state index contributed by atoms with van der Waals surface area (Å²) in [5.41, 5.74) is 0.595. The monoisotopic (exact) mass is 399 g/mol. The summed E-state index contributed by atoms with van der Waals surface area (Å²) >= 11 is 7.19. The lowest BCUT2D eigenvalue weighted by Gasteiger charge is -2.13. The maximum absolute atomic E-state index is 12.1. The Morgan fingerprint density at radius 2 is 1.74 bits per heavy atom. The van der Waals surface area contributed by atoms with Crippen LogP contribution in [0.2, 0.25) is 5.02 Å². The molecule has 0 aromatic heterocycles. The van der Waals surface area contributed by atoms with Gasteiger partial charge in [0.15, 0.2) is 6.10 Å². The number of nitrogens with one attached hydrogen (secondary N) is 1. The van der Waals surface area contributed by atoms with E-state index in [9.17, 15) is 9.59 Å². The minimum Gasteiger partial charge on any atom is -0.452 e. The second kappa shape index (κ2) is 8.93. The Labute approximate surface area is 166 Å². The molecule has 0 aliphatic heterocycles. The number of hydrogen-bond donors (Lipinski definition) is 1. The zero-order chi connectivity index (χ0) is 19.2. The molecule has 6 heteroatoms. The van der Waals surface area contributed by atoms with Crippen LogP contribution < -0.4 is 5.32 Å². The number of fused-ring (bicyclic) bond motifs is 1.